The number of nitrogens with zero attached hydrogens (tertiary/aromatic N) is 4. The van der Waals surface area contributed by atoms with Crippen LogP contribution in [0.2, 0.25) is 0 Å². The van der Waals surface area contributed by atoms with E-state index in [0.717, 1.165) is 76.8 Å². The molecule has 1 aromatic heterocycles. The molecule has 1 atom stereocenters. The van der Waals surface area contributed by atoms with Gasteiger partial charge in [0.1, 0.15) is 0 Å². The Morgan fingerprint density at radius 3 is 2.74 bits per heavy atom. The van der Waals surface area contributed by atoms with Gasteiger partial charge in [-0.3, -0.25) is 4.79 Å². The molecule has 0 N–H and O–H groups in total. The van der Waals surface area contributed by atoms with Crippen molar-refractivity contribution in [1.82, 2.24) is 19.8 Å². The molecule has 0 spiro atoms. The number of rotatable bonds is 3. The summed E-state index contributed by atoms with van der Waals surface area (Å²) in [7, 11) is 3.91. The van der Waals surface area contributed by atoms with Gasteiger partial charge in [-0.1, -0.05) is 0 Å². The van der Waals surface area contributed by atoms with E-state index in [9.17, 15) is 4.79 Å². The second-order valence-corrected chi connectivity index (χ2v) is 8.44. The van der Waals surface area contributed by atoms with Crippen molar-refractivity contribution in [2.24, 2.45) is 5.92 Å². The maximum Gasteiger partial charge on any atom is 0.226 e. The van der Waals surface area contributed by atoms with Gasteiger partial charge in [-0.15, -0.1) is 0 Å². The number of aromatic nitrogens is 2. The lowest BCUT2D eigenvalue weighted by atomic mass is 9.85. The summed E-state index contributed by atoms with van der Waals surface area (Å²) in [5.74, 6) is 1.32. The van der Waals surface area contributed by atoms with Crippen molar-refractivity contribution in [2.75, 3.05) is 27.2 Å². The quantitative estimate of drug-likeness (QED) is 0.816. The highest BCUT2D eigenvalue weighted by molar-refractivity contribution is 5.79. The van der Waals surface area contributed by atoms with Crippen molar-refractivity contribution in [3.05, 3.63) is 23.3 Å². The number of fused-ring (bicyclic) bond motifs is 1. The third-order valence-corrected chi connectivity index (χ3v) is 6.58. The van der Waals surface area contributed by atoms with Gasteiger partial charge in [-0.25, -0.2) is 9.97 Å². The van der Waals surface area contributed by atoms with E-state index < -0.39 is 0 Å². The van der Waals surface area contributed by atoms with Crippen LogP contribution in [0.5, 0.6) is 0 Å². The van der Waals surface area contributed by atoms with Gasteiger partial charge in [-0.05, 0) is 52.0 Å². The number of carbonyl (C=O) groups excluding carboxylic acids is 1. The maximum atomic E-state index is 13.3. The Labute approximate surface area is 162 Å². The fourth-order valence-electron chi connectivity index (χ4n) is 4.88. The van der Waals surface area contributed by atoms with Crippen LogP contribution in [0.1, 0.15) is 68.1 Å². The minimum absolute atomic E-state index is 0.0522. The van der Waals surface area contributed by atoms with Gasteiger partial charge in [0.05, 0.1) is 12.1 Å². The van der Waals surface area contributed by atoms with Crippen molar-refractivity contribution in [2.45, 2.75) is 70.1 Å². The second-order valence-electron chi connectivity index (χ2n) is 8.44. The minimum atomic E-state index is 0.0522. The molecule has 1 saturated heterocycles. The molecule has 1 aliphatic carbocycles. The normalized spacial score (nSPS) is 29.4. The van der Waals surface area contributed by atoms with E-state index in [-0.39, 0.29) is 12.0 Å². The third-order valence-electron chi connectivity index (χ3n) is 6.58. The van der Waals surface area contributed by atoms with Crippen LogP contribution in [0.15, 0.2) is 6.20 Å². The summed E-state index contributed by atoms with van der Waals surface area (Å²) in [5.41, 5.74) is 2.41. The molecular weight excluding hydrogens is 340 g/mol. The summed E-state index contributed by atoms with van der Waals surface area (Å²) >= 11 is 0. The highest BCUT2D eigenvalue weighted by atomic mass is 16.5. The van der Waals surface area contributed by atoms with Crippen LogP contribution in [0, 0.1) is 5.92 Å². The average molecular weight is 373 g/mol. The number of hydrogen-bond acceptors (Lipinski definition) is 5. The Morgan fingerprint density at radius 2 is 1.96 bits per heavy atom. The summed E-state index contributed by atoms with van der Waals surface area (Å²) in [6, 6.07) is 0.0522. The highest BCUT2D eigenvalue weighted by Crippen LogP contribution is 2.34. The van der Waals surface area contributed by atoms with Crippen molar-refractivity contribution in [1.29, 1.82) is 0 Å². The molecule has 0 unspecified atom stereocenters. The van der Waals surface area contributed by atoms with E-state index >= 15 is 0 Å². The predicted octanol–water partition coefficient (Wildman–Crippen LogP) is 2.72. The molecule has 2 aliphatic heterocycles. The Balaban J connectivity index is 1.50. The molecular formula is C21H32N4O2. The van der Waals surface area contributed by atoms with Gasteiger partial charge >= 0.3 is 0 Å². The number of hydrogen-bond donors (Lipinski definition) is 0. The van der Waals surface area contributed by atoms with Crippen LogP contribution in [-0.4, -0.2) is 59.0 Å². The molecule has 3 aliphatic rings. The summed E-state index contributed by atoms with van der Waals surface area (Å²) < 4.78 is 5.47. The number of methoxy groups -OCH3 is 1. The molecule has 1 saturated carbocycles. The molecule has 148 valence electrons. The van der Waals surface area contributed by atoms with Crippen LogP contribution in [0.4, 0.5) is 0 Å². The molecule has 2 fully saturated rings. The Hall–Kier alpha value is -1.53. The Kier molecular flexibility index (Phi) is 5.74. The number of likely N-dealkylation sites (N-methyl/N-ethyl adjacent to an activating group) is 1. The molecule has 6 heteroatoms. The van der Waals surface area contributed by atoms with Gasteiger partial charge < -0.3 is 14.5 Å². The standard InChI is InChI=1S/C21H32N4O2/c1-24-12-10-18-16(14-24)13-22-20(23-18)19-5-3-4-11-25(19)21(26)15-6-8-17(27-2)9-7-15/h13,15,17,19H,3-12,14H2,1-2H3/t15?,17?,19-/m1/s1. The summed E-state index contributed by atoms with van der Waals surface area (Å²) in [5, 5.41) is 0. The molecule has 1 amide bonds. The van der Waals surface area contributed by atoms with E-state index in [4.69, 9.17) is 14.7 Å². The van der Waals surface area contributed by atoms with Crippen LogP contribution >= 0.6 is 0 Å². The first-order chi connectivity index (χ1) is 13.2. The second kappa shape index (κ2) is 8.23. The number of piperidine rings is 1. The molecule has 6 nitrogen and oxygen atoms in total. The lowest BCUT2D eigenvalue weighted by Crippen LogP contribution is -2.44. The SMILES string of the molecule is COC1CCC(C(=O)N2CCCC[C@@H]2c2ncc3c(n2)CCN(C)C3)CC1. The third kappa shape index (κ3) is 4.02. The van der Waals surface area contributed by atoms with Crippen LogP contribution < -0.4 is 0 Å². The van der Waals surface area contributed by atoms with Gasteiger partial charge in [0.15, 0.2) is 5.82 Å². The van der Waals surface area contributed by atoms with Crippen molar-refractivity contribution in [3.8, 4) is 0 Å². The molecule has 3 heterocycles. The fourth-order valence-corrected chi connectivity index (χ4v) is 4.88. The fraction of sp³-hybridized carbons (Fsp3) is 0.762. The molecule has 27 heavy (non-hydrogen) atoms. The molecule has 1 aromatic rings. The smallest absolute Gasteiger partial charge is 0.226 e. The summed E-state index contributed by atoms with van der Waals surface area (Å²) in [6.07, 6.45) is 10.4. The zero-order valence-electron chi connectivity index (χ0n) is 16.7. The van der Waals surface area contributed by atoms with Crippen molar-refractivity contribution < 1.29 is 9.53 Å². The zero-order valence-corrected chi connectivity index (χ0v) is 16.7. The molecule has 0 aromatic carbocycles. The monoisotopic (exact) mass is 372 g/mol. The van der Waals surface area contributed by atoms with E-state index in [1.165, 1.54) is 11.3 Å². The Morgan fingerprint density at radius 1 is 1.15 bits per heavy atom. The highest BCUT2D eigenvalue weighted by Gasteiger charge is 2.36. The predicted molar refractivity (Wildman–Crippen MR) is 103 cm³/mol. The lowest BCUT2D eigenvalue weighted by molar-refractivity contribution is -0.141. The number of carbonyl (C=O) groups is 1. The van der Waals surface area contributed by atoms with Gasteiger partial charge in [-0.2, -0.15) is 0 Å². The number of likely N-dealkylation sites (tertiary alicyclic amines) is 1. The van der Waals surface area contributed by atoms with Crippen molar-refractivity contribution in [3.63, 3.8) is 0 Å². The summed E-state index contributed by atoms with van der Waals surface area (Å²) in [6.45, 7) is 2.81. The molecule has 0 radical (unpaired) electrons. The Bertz CT molecular complexity index is 672. The first-order valence-electron chi connectivity index (χ1n) is 10.5. The zero-order chi connectivity index (χ0) is 18.8. The van der Waals surface area contributed by atoms with E-state index in [1.54, 1.807) is 7.11 Å². The van der Waals surface area contributed by atoms with Gasteiger partial charge in [0.2, 0.25) is 5.91 Å². The number of ether oxygens (including phenoxy) is 1. The lowest BCUT2D eigenvalue weighted by Gasteiger charge is -2.38. The van der Waals surface area contributed by atoms with Gasteiger partial charge in [0.25, 0.3) is 0 Å². The van der Waals surface area contributed by atoms with Gasteiger partial charge in [0, 0.05) is 56.5 Å². The topological polar surface area (TPSA) is 58.6 Å². The first kappa shape index (κ1) is 18.8. The minimum Gasteiger partial charge on any atom is -0.381 e. The molecule has 4 rings (SSSR count). The number of amides is 1. The van der Waals surface area contributed by atoms with E-state index in [2.05, 4.69) is 16.8 Å². The first-order valence-corrected chi connectivity index (χ1v) is 10.5. The maximum absolute atomic E-state index is 13.3. The largest absolute Gasteiger partial charge is 0.381 e. The summed E-state index contributed by atoms with van der Waals surface area (Å²) in [4.78, 5) is 27.3. The average Bonchev–Trinajstić information content (AvgIpc) is 2.73. The van der Waals surface area contributed by atoms with Crippen molar-refractivity contribution >= 4 is 5.91 Å². The molecule has 0 bridgehead atoms. The van der Waals surface area contributed by atoms with E-state index in [1.807, 2.05) is 6.20 Å². The van der Waals surface area contributed by atoms with Crippen LogP contribution in [-0.2, 0) is 22.5 Å². The van der Waals surface area contributed by atoms with Crippen LogP contribution in [0.3, 0.4) is 0 Å². The van der Waals surface area contributed by atoms with Crippen LogP contribution in [0.25, 0.3) is 0 Å². The van der Waals surface area contributed by atoms with E-state index in [0.29, 0.717) is 12.0 Å².